The van der Waals surface area contributed by atoms with E-state index in [1.54, 1.807) is 61.1 Å². The lowest BCUT2D eigenvalue weighted by atomic mass is 9.78. The molecular formula is C31H35NO6. The molecule has 7 nitrogen and oxygen atoms in total. The monoisotopic (exact) mass is 517 g/mol. The molecular weight excluding hydrogens is 482 g/mol. The highest BCUT2D eigenvalue weighted by Gasteiger charge is 2.54. The second-order valence-corrected chi connectivity index (χ2v) is 11.8. The zero-order valence-electron chi connectivity index (χ0n) is 22.0. The summed E-state index contributed by atoms with van der Waals surface area (Å²) in [5.41, 5.74) is 1.48. The maximum atomic E-state index is 13.6. The molecule has 5 rings (SSSR count). The quantitative estimate of drug-likeness (QED) is 0.407. The van der Waals surface area contributed by atoms with Crippen LogP contribution in [0.5, 0.6) is 0 Å². The molecule has 7 heteroatoms. The van der Waals surface area contributed by atoms with Crippen LogP contribution in [0.4, 0.5) is 0 Å². The lowest BCUT2D eigenvalue weighted by Crippen LogP contribution is -2.42. The molecule has 1 fully saturated rings. The van der Waals surface area contributed by atoms with Crippen molar-refractivity contribution in [1.82, 2.24) is 5.32 Å². The van der Waals surface area contributed by atoms with Gasteiger partial charge in [0, 0.05) is 29.0 Å². The predicted molar refractivity (Wildman–Crippen MR) is 141 cm³/mol. The first-order valence-electron chi connectivity index (χ1n) is 13.1. The van der Waals surface area contributed by atoms with Gasteiger partial charge in [0.05, 0.1) is 24.2 Å². The largest absolute Gasteiger partial charge is 0.472 e. The molecule has 0 unspecified atom stereocenters. The number of ether oxygens (including phenoxy) is 1. The summed E-state index contributed by atoms with van der Waals surface area (Å²) >= 11 is 0. The normalized spacial score (nSPS) is 27.3. The van der Waals surface area contributed by atoms with Crippen molar-refractivity contribution in [3.8, 4) is 0 Å². The topological polar surface area (TPSA) is 109 Å². The van der Waals surface area contributed by atoms with Crippen LogP contribution < -0.4 is 5.32 Å². The minimum atomic E-state index is -1.66. The van der Waals surface area contributed by atoms with Gasteiger partial charge in [-0.2, -0.15) is 0 Å². The number of esters is 1. The average Bonchev–Trinajstić information content (AvgIpc) is 3.47. The van der Waals surface area contributed by atoms with Gasteiger partial charge in [0.1, 0.15) is 6.10 Å². The number of rotatable bonds is 6. The molecule has 38 heavy (non-hydrogen) atoms. The lowest BCUT2D eigenvalue weighted by molar-refractivity contribution is -0.166. The fraction of sp³-hybridized carbons (Fsp3) is 0.419. The van der Waals surface area contributed by atoms with Crippen LogP contribution >= 0.6 is 0 Å². The Balaban J connectivity index is 1.44. The molecule has 200 valence electrons. The van der Waals surface area contributed by atoms with E-state index in [1.165, 1.54) is 0 Å². The molecule has 2 aromatic carbocycles. The summed E-state index contributed by atoms with van der Waals surface area (Å²) in [6.45, 7) is 6.16. The SMILES string of the molecule is CC1(C)C[C@H]2[C@H](OC(=O)[C@H](O)[C@@H](NC(=O)c3ccccc3)c3ccccc3)c3cocc3C[C@](C)(O)[C@H]2C1. The lowest BCUT2D eigenvalue weighted by Gasteiger charge is -2.34. The Morgan fingerprint density at radius 2 is 1.66 bits per heavy atom. The first kappa shape index (κ1) is 26.2. The molecule has 3 aromatic rings. The van der Waals surface area contributed by atoms with Crippen molar-refractivity contribution in [1.29, 1.82) is 0 Å². The van der Waals surface area contributed by atoms with E-state index >= 15 is 0 Å². The van der Waals surface area contributed by atoms with Gasteiger partial charge in [-0.25, -0.2) is 4.79 Å². The summed E-state index contributed by atoms with van der Waals surface area (Å²) in [5, 5.41) is 25.6. The summed E-state index contributed by atoms with van der Waals surface area (Å²) in [7, 11) is 0. The highest BCUT2D eigenvalue weighted by molar-refractivity contribution is 5.94. The number of fused-ring (bicyclic) bond motifs is 2. The zero-order chi connectivity index (χ0) is 27.1. The van der Waals surface area contributed by atoms with Crippen LogP contribution in [0.3, 0.4) is 0 Å². The number of furan rings is 1. The van der Waals surface area contributed by atoms with Crippen LogP contribution in [0.2, 0.25) is 0 Å². The summed E-state index contributed by atoms with van der Waals surface area (Å²) in [4.78, 5) is 26.6. The highest BCUT2D eigenvalue weighted by Crippen LogP contribution is 2.57. The van der Waals surface area contributed by atoms with Crippen LogP contribution in [0.1, 0.15) is 72.8 Å². The maximum Gasteiger partial charge on any atom is 0.338 e. The van der Waals surface area contributed by atoms with Gasteiger partial charge < -0.3 is 24.7 Å². The number of nitrogens with one attached hydrogen (secondary N) is 1. The van der Waals surface area contributed by atoms with E-state index in [0.717, 1.165) is 24.0 Å². The van der Waals surface area contributed by atoms with Gasteiger partial charge in [0.15, 0.2) is 6.10 Å². The van der Waals surface area contributed by atoms with Gasteiger partial charge in [0.2, 0.25) is 0 Å². The highest BCUT2D eigenvalue weighted by atomic mass is 16.6. The van der Waals surface area contributed by atoms with Crippen molar-refractivity contribution >= 4 is 11.9 Å². The van der Waals surface area contributed by atoms with Crippen molar-refractivity contribution in [2.24, 2.45) is 17.3 Å². The van der Waals surface area contributed by atoms with E-state index in [9.17, 15) is 19.8 Å². The van der Waals surface area contributed by atoms with Crippen molar-refractivity contribution in [3.05, 3.63) is 95.4 Å². The van der Waals surface area contributed by atoms with Crippen LogP contribution in [0.25, 0.3) is 0 Å². The second kappa shape index (κ2) is 10.0. The van der Waals surface area contributed by atoms with Gasteiger partial charge in [0.25, 0.3) is 5.91 Å². The Bertz CT molecular complexity index is 1280. The molecule has 3 N–H and O–H groups in total. The molecule has 2 aliphatic rings. The smallest absolute Gasteiger partial charge is 0.338 e. The number of hydrogen-bond donors (Lipinski definition) is 3. The number of aliphatic hydroxyl groups excluding tert-OH is 1. The fourth-order valence-corrected chi connectivity index (χ4v) is 6.38. The Kier molecular flexibility index (Phi) is 6.92. The Morgan fingerprint density at radius 3 is 2.34 bits per heavy atom. The molecule has 0 spiro atoms. The van der Waals surface area contributed by atoms with Crippen LogP contribution in [-0.4, -0.2) is 33.8 Å². The molecule has 0 bridgehead atoms. The maximum absolute atomic E-state index is 13.6. The number of benzene rings is 2. The number of carbonyl (C=O) groups excluding carboxylic acids is 2. The standard InChI is InChI=1S/C31H35NO6/c1-30(2)15-22-24(16-30)31(3,36)14-21-17-37-18-23(21)27(22)38-29(35)26(33)25(19-10-6-4-7-11-19)32-28(34)20-12-8-5-9-13-20/h4-13,17-18,22,24-27,33,36H,14-16H2,1-3H3,(H,32,34)/t22-,24+,25+,26-,27+,31+/m1/s1. The third-order valence-electron chi connectivity index (χ3n) is 8.18. The Hall–Kier alpha value is -3.42. The number of carbonyl (C=O) groups is 2. The number of hydrogen-bond acceptors (Lipinski definition) is 6. The first-order chi connectivity index (χ1) is 18.1. The minimum absolute atomic E-state index is 0.0416. The summed E-state index contributed by atoms with van der Waals surface area (Å²) in [5.74, 6) is -1.49. The van der Waals surface area contributed by atoms with E-state index in [1.807, 2.05) is 19.1 Å². The van der Waals surface area contributed by atoms with E-state index in [4.69, 9.17) is 9.15 Å². The molecule has 0 saturated heterocycles. The average molecular weight is 518 g/mol. The molecule has 1 heterocycles. The van der Waals surface area contributed by atoms with Gasteiger partial charge in [-0.15, -0.1) is 0 Å². The molecule has 1 saturated carbocycles. The molecule has 1 amide bonds. The van der Waals surface area contributed by atoms with Gasteiger partial charge in [-0.05, 0) is 48.8 Å². The predicted octanol–water partition coefficient (Wildman–Crippen LogP) is 4.76. The Morgan fingerprint density at radius 1 is 1.00 bits per heavy atom. The molecule has 6 atom stereocenters. The second-order valence-electron chi connectivity index (χ2n) is 11.8. The van der Waals surface area contributed by atoms with Crippen molar-refractivity contribution < 1.29 is 29.0 Å². The van der Waals surface area contributed by atoms with Gasteiger partial charge in [-0.1, -0.05) is 62.4 Å². The zero-order valence-corrected chi connectivity index (χ0v) is 22.0. The summed E-state index contributed by atoms with van der Waals surface area (Å²) in [6, 6.07) is 16.5. The molecule has 0 aliphatic heterocycles. The van der Waals surface area contributed by atoms with Crippen LogP contribution in [0, 0.1) is 17.3 Å². The van der Waals surface area contributed by atoms with Gasteiger partial charge in [-0.3, -0.25) is 4.79 Å². The van der Waals surface area contributed by atoms with Crippen molar-refractivity contribution in [3.63, 3.8) is 0 Å². The van der Waals surface area contributed by atoms with Crippen LogP contribution in [-0.2, 0) is 16.0 Å². The van der Waals surface area contributed by atoms with E-state index in [-0.39, 0.29) is 17.3 Å². The van der Waals surface area contributed by atoms with Gasteiger partial charge >= 0.3 is 5.97 Å². The Labute approximate surface area is 222 Å². The van der Waals surface area contributed by atoms with E-state index in [2.05, 4.69) is 19.2 Å². The minimum Gasteiger partial charge on any atom is -0.472 e. The fourth-order valence-electron chi connectivity index (χ4n) is 6.38. The summed E-state index contributed by atoms with van der Waals surface area (Å²) < 4.78 is 11.6. The van der Waals surface area contributed by atoms with E-state index < -0.39 is 35.7 Å². The molecule has 2 aliphatic carbocycles. The van der Waals surface area contributed by atoms with Crippen LogP contribution in [0.15, 0.2) is 77.6 Å². The first-order valence-corrected chi connectivity index (χ1v) is 13.1. The number of aliphatic hydroxyl groups is 2. The molecule has 1 aromatic heterocycles. The third kappa shape index (κ3) is 5.13. The van der Waals surface area contributed by atoms with Crippen molar-refractivity contribution in [2.75, 3.05) is 0 Å². The third-order valence-corrected chi connectivity index (χ3v) is 8.18. The van der Waals surface area contributed by atoms with E-state index in [0.29, 0.717) is 17.5 Å². The number of amides is 1. The molecule has 0 radical (unpaired) electrons. The summed E-state index contributed by atoms with van der Waals surface area (Å²) in [6.07, 6.45) is 2.77. The van der Waals surface area contributed by atoms with Crippen molar-refractivity contribution in [2.45, 2.75) is 63.9 Å².